The van der Waals surface area contributed by atoms with Gasteiger partial charge in [0.15, 0.2) is 0 Å². The molecule has 0 radical (unpaired) electrons. The molecule has 0 saturated carbocycles. The van der Waals surface area contributed by atoms with Gasteiger partial charge in [-0.05, 0) is 13.6 Å². The lowest BCUT2D eigenvalue weighted by atomic mass is 9.73. The highest BCUT2D eigenvalue weighted by Gasteiger charge is 2.49. The summed E-state index contributed by atoms with van der Waals surface area (Å²) in [5, 5.41) is 0. The van der Waals surface area contributed by atoms with Gasteiger partial charge in [0.1, 0.15) is 0 Å². The van der Waals surface area contributed by atoms with Crippen LogP contribution in [0.1, 0.15) is 6.92 Å². The zero-order valence-electron chi connectivity index (χ0n) is 6.93. The fraction of sp³-hybridized carbons (Fsp3) is 1.00. The molecule has 2 aliphatic heterocycles. The lowest BCUT2D eigenvalue weighted by molar-refractivity contribution is -0.102. The van der Waals surface area contributed by atoms with Crippen LogP contribution < -0.4 is 0 Å². The molecular weight excluding hydrogens is 124 g/mol. The fourth-order valence-corrected chi connectivity index (χ4v) is 2.42. The molecule has 0 unspecified atom stereocenters. The molecule has 0 atom stereocenters. The molecular formula is C8H16N2. The van der Waals surface area contributed by atoms with Crippen LogP contribution in [0.25, 0.3) is 0 Å². The van der Waals surface area contributed by atoms with E-state index in [1.54, 1.807) is 0 Å². The van der Waals surface area contributed by atoms with Gasteiger partial charge < -0.3 is 9.80 Å². The Morgan fingerprint density at radius 2 is 1.80 bits per heavy atom. The van der Waals surface area contributed by atoms with Crippen molar-refractivity contribution in [3.63, 3.8) is 0 Å². The molecule has 2 rings (SSSR count). The van der Waals surface area contributed by atoms with Crippen molar-refractivity contribution in [1.82, 2.24) is 9.80 Å². The van der Waals surface area contributed by atoms with Crippen molar-refractivity contribution >= 4 is 0 Å². The maximum absolute atomic E-state index is 2.52. The number of rotatable bonds is 1. The van der Waals surface area contributed by atoms with Crippen LogP contribution in [0.2, 0.25) is 0 Å². The lowest BCUT2D eigenvalue weighted by Crippen LogP contribution is -2.70. The second kappa shape index (κ2) is 1.95. The smallest absolute Gasteiger partial charge is 0.0212 e. The highest BCUT2D eigenvalue weighted by atomic mass is 15.3. The minimum atomic E-state index is 0.741. The van der Waals surface area contributed by atoms with E-state index in [1.807, 2.05) is 0 Å². The highest BCUT2D eigenvalue weighted by molar-refractivity contribution is 5.04. The average molecular weight is 140 g/mol. The van der Waals surface area contributed by atoms with E-state index in [0.29, 0.717) is 0 Å². The van der Waals surface area contributed by atoms with Crippen molar-refractivity contribution < 1.29 is 0 Å². The Hall–Kier alpha value is -0.0800. The Bertz CT molecular complexity index is 130. The molecule has 0 aromatic carbocycles. The van der Waals surface area contributed by atoms with Crippen LogP contribution in [0.15, 0.2) is 0 Å². The van der Waals surface area contributed by atoms with Crippen molar-refractivity contribution in [3.05, 3.63) is 0 Å². The van der Waals surface area contributed by atoms with E-state index < -0.39 is 0 Å². The second-order valence-electron chi connectivity index (χ2n) is 3.98. The molecule has 2 saturated heterocycles. The first kappa shape index (κ1) is 6.62. The van der Waals surface area contributed by atoms with E-state index in [4.69, 9.17) is 0 Å². The van der Waals surface area contributed by atoms with Crippen LogP contribution in [0.5, 0.6) is 0 Å². The minimum absolute atomic E-state index is 0.741. The first-order valence-electron chi connectivity index (χ1n) is 4.15. The first-order chi connectivity index (χ1) is 4.74. The summed E-state index contributed by atoms with van der Waals surface area (Å²) in [7, 11) is 2.21. The summed E-state index contributed by atoms with van der Waals surface area (Å²) in [6.45, 7) is 8.87. The molecule has 0 bridgehead atoms. The summed E-state index contributed by atoms with van der Waals surface area (Å²) < 4.78 is 0. The molecule has 0 aliphatic carbocycles. The first-order valence-corrected chi connectivity index (χ1v) is 4.15. The van der Waals surface area contributed by atoms with Gasteiger partial charge in [-0.2, -0.15) is 0 Å². The Balaban J connectivity index is 1.80. The van der Waals surface area contributed by atoms with Gasteiger partial charge in [0.25, 0.3) is 0 Å². The summed E-state index contributed by atoms with van der Waals surface area (Å²) in [5.41, 5.74) is 0.741. The Morgan fingerprint density at radius 3 is 2.20 bits per heavy atom. The Morgan fingerprint density at radius 1 is 1.20 bits per heavy atom. The van der Waals surface area contributed by atoms with Gasteiger partial charge in [-0.15, -0.1) is 0 Å². The van der Waals surface area contributed by atoms with E-state index in [2.05, 4.69) is 23.8 Å². The SMILES string of the molecule is CCN1CC2(CN(C)C2)C1. The molecule has 2 heteroatoms. The minimum Gasteiger partial charge on any atom is -0.305 e. The molecule has 2 nitrogen and oxygen atoms in total. The van der Waals surface area contributed by atoms with E-state index in [-0.39, 0.29) is 0 Å². The van der Waals surface area contributed by atoms with Crippen molar-refractivity contribution in [2.75, 3.05) is 39.8 Å². The summed E-state index contributed by atoms with van der Waals surface area (Å²) in [4.78, 5) is 4.93. The molecule has 10 heavy (non-hydrogen) atoms. The summed E-state index contributed by atoms with van der Waals surface area (Å²) in [5.74, 6) is 0. The van der Waals surface area contributed by atoms with Crippen molar-refractivity contribution in [2.45, 2.75) is 6.92 Å². The van der Waals surface area contributed by atoms with Crippen LogP contribution in [-0.4, -0.2) is 49.6 Å². The number of nitrogens with zero attached hydrogens (tertiary/aromatic N) is 2. The molecule has 0 aromatic rings. The van der Waals surface area contributed by atoms with Gasteiger partial charge in [-0.3, -0.25) is 0 Å². The standard InChI is InChI=1S/C8H16N2/c1-3-10-6-8(7-10)4-9(2)5-8/h3-7H2,1-2H3. The maximum atomic E-state index is 2.52. The quantitative estimate of drug-likeness (QED) is 0.515. The van der Waals surface area contributed by atoms with Crippen LogP contribution >= 0.6 is 0 Å². The predicted octanol–water partition coefficient (Wildman–Crippen LogP) is 0.254. The van der Waals surface area contributed by atoms with Crippen LogP contribution in [0, 0.1) is 5.41 Å². The van der Waals surface area contributed by atoms with Gasteiger partial charge in [0, 0.05) is 31.6 Å². The van der Waals surface area contributed by atoms with Crippen LogP contribution in [0.4, 0.5) is 0 Å². The molecule has 1 spiro atoms. The van der Waals surface area contributed by atoms with Gasteiger partial charge in [0.2, 0.25) is 0 Å². The third-order valence-corrected chi connectivity index (χ3v) is 2.78. The van der Waals surface area contributed by atoms with E-state index in [0.717, 1.165) is 5.41 Å². The summed E-state index contributed by atoms with van der Waals surface area (Å²) in [6, 6.07) is 0. The van der Waals surface area contributed by atoms with Gasteiger partial charge in [-0.1, -0.05) is 6.92 Å². The molecule has 0 aromatic heterocycles. The zero-order valence-corrected chi connectivity index (χ0v) is 6.93. The molecule has 2 fully saturated rings. The predicted molar refractivity (Wildman–Crippen MR) is 42.0 cm³/mol. The summed E-state index contributed by atoms with van der Waals surface area (Å²) in [6.07, 6.45) is 0. The molecule has 2 heterocycles. The Kier molecular flexibility index (Phi) is 1.29. The molecule has 58 valence electrons. The average Bonchev–Trinajstić information content (AvgIpc) is 1.74. The fourth-order valence-electron chi connectivity index (χ4n) is 2.42. The zero-order chi connectivity index (χ0) is 7.19. The van der Waals surface area contributed by atoms with Gasteiger partial charge >= 0.3 is 0 Å². The van der Waals surface area contributed by atoms with E-state index in [9.17, 15) is 0 Å². The monoisotopic (exact) mass is 140 g/mol. The lowest BCUT2D eigenvalue weighted by Gasteiger charge is -2.59. The van der Waals surface area contributed by atoms with E-state index in [1.165, 1.54) is 32.7 Å². The number of hydrogen-bond acceptors (Lipinski definition) is 2. The molecule has 0 N–H and O–H groups in total. The van der Waals surface area contributed by atoms with Crippen LogP contribution in [0.3, 0.4) is 0 Å². The van der Waals surface area contributed by atoms with Crippen molar-refractivity contribution in [1.29, 1.82) is 0 Å². The van der Waals surface area contributed by atoms with Gasteiger partial charge in [0.05, 0.1) is 0 Å². The highest BCUT2D eigenvalue weighted by Crippen LogP contribution is 2.37. The largest absolute Gasteiger partial charge is 0.305 e. The third-order valence-electron chi connectivity index (χ3n) is 2.78. The second-order valence-corrected chi connectivity index (χ2v) is 3.98. The van der Waals surface area contributed by atoms with Crippen molar-refractivity contribution in [2.24, 2.45) is 5.41 Å². The topological polar surface area (TPSA) is 6.48 Å². The molecule has 2 aliphatic rings. The number of hydrogen-bond donors (Lipinski definition) is 0. The Labute approximate surface area is 62.8 Å². The molecule has 0 amide bonds. The van der Waals surface area contributed by atoms with E-state index >= 15 is 0 Å². The maximum Gasteiger partial charge on any atom is 0.0212 e. The third kappa shape index (κ3) is 0.789. The summed E-state index contributed by atoms with van der Waals surface area (Å²) >= 11 is 0. The van der Waals surface area contributed by atoms with Crippen molar-refractivity contribution in [3.8, 4) is 0 Å². The van der Waals surface area contributed by atoms with Gasteiger partial charge in [-0.25, -0.2) is 0 Å². The van der Waals surface area contributed by atoms with Crippen LogP contribution in [-0.2, 0) is 0 Å². The number of likely N-dealkylation sites (tertiary alicyclic amines) is 2. The normalized spacial score (nSPS) is 31.8.